The van der Waals surface area contributed by atoms with E-state index in [0.717, 1.165) is 54.7 Å². The van der Waals surface area contributed by atoms with Gasteiger partial charge in [0, 0.05) is 23.1 Å². The quantitative estimate of drug-likeness (QED) is 0.175. The largest absolute Gasteiger partial charge is 0.426 e. The first-order valence-electron chi connectivity index (χ1n) is 13.1. The fourth-order valence-electron chi connectivity index (χ4n) is 4.50. The second-order valence-corrected chi connectivity index (χ2v) is 9.35. The fraction of sp³-hybridized carbons (Fsp3) is 0.469. The topological polar surface area (TPSA) is 26.3 Å². The molecule has 1 saturated carbocycles. The smallest absolute Gasteiger partial charge is 0.314 e. The Bertz CT molecular complexity index is 1000. The van der Waals surface area contributed by atoms with E-state index in [9.17, 15) is 4.79 Å². The summed E-state index contributed by atoms with van der Waals surface area (Å²) in [6.07, 6.45) is 13.1. The minimum absolute atomic E-state index is 0.0424. The lowest BCUT2D eigenvalue weighted by atomic mass is 9.80. The van der Waals surface area contributed by atoms with E-state index in [1.807, 2.05) is 55.5 Å². The van der Waals surface area contributed by atoms with E-state index in [2.05, 4.69) is 30.6 Å². The first-order chi connectivity index (χ1) is 16.7. The van der Waals surface area contributed by atoms with E-state index in [0.29, 0.717) is 5.75 Å². The Hall–Kier alpha value is -2.97. The van der Waals surface area contributed by atoms with Crippen LogP contribution >= 0.6 is 0 Å². The van der Waals surface area contributed by atoms with Crippen LogP contribution in [0.3, 0.4) is 0 Å². The normalized spacial score (nSPS) is 17.1. The average Bonchev–Trinajstić information content (AvgIpc) is 2.88. The zero-order valence-corrected chi connectivity index (χ0v) is 20.9. The number of rotatable bonds is 8. The first kappa shape index (κ1) is 25.6. The molecule has 3 rings (SSSR count). The lowest BCUT2D eigenvalue weighted by molar-refractivity contribution is -0.140. The molecule has 0 N–H and O–H groups in total. The summed E-state index contributed by atoms with van der Waals surface area (Å²) in [4.78, 5) is 12.6. The molecule has 0 bridgehead atoms. The van der Waals surface area contributed by atoms with Crippen LogP contribution in [0, 0.1) is 35.5 Å². The van der Waals surface area contributed by atoms with Crippen LogP contribution in [0.5, 0.6) is 5.75 Å². The molecule has 2 aromatic rings. The molecule has 0 saturated heterocycles. The van der Waals surface area contributed by atoms with Gasteiger partial charge in [-0.2, -0.15) is 0 Å². The number of carbonyl (C=O) groups is 1. The monoisotopic (exact) mass is 454 g/mol. The second kappa shape index (κ2) is 14.3. The van der Waals surface area contributed by atoms with Gasteiger partial charge in [0.2, 0.25) is 0 Å². The van der Waals surface area contributed by atoms with Crippen molar-refractivity contribution >= 4 is 5.97 Å². The van der Waals surface area contributed by atoms with Crippen molar-refractivity contribution in [2.45, 2.75) is 84.5 Å². The molecule has 1 aliphatic carbocycles. The molecule has 34 heavy (non-hydrogen) atoms. The lowest BCUT2D eigenvalue weighted by Crippen LogP contribution is -2.25. The van der Waals surface area contributed by atoms with Crippen molar-refractivity contribution in [1.82, 2.24) is 0 Å². The zero-order chi connectivity index (χ0) is 24.0. The molecule has 0 atom stereocenters. The molecule has 2 nitrogen and oxygen atoms in total. The van der Waals surface area contributed by atoms with E-state index in [1.54, 1.807) is 0 Å². The first-order valence-corrected chi connectivity index (χ1v) is 13.1. The van der Waals surface area contributed by atoms with Gasteiger partial charge in [0.1, 0.15) is 5.75 Å². The number of unbranched alkanes of at least 4 members (excludes halogenated alkanes) is 4. The summed E-state index contributed by atoms with van der Waals surface area (Å²) >= 11 is 0. The molecule has 0 spiro atoms. The molecular weight excluding hydrogens is 416 g/mol. The number of hydrogen-bond acceptors (Lipinski definition) is 2. The molecule has 1 fully saturated rings. The molecule has 0 unspecified atom stereocenters. The lowest BCUT2D eigenvalue weighted by Gasteiger charge is -2.27. The molecule has 2 heteroatoms. The van der Waals surface area contributed by atoms with Gasteiger partial charge in [-0.25, -0.2) is 0 Å². The van der Waals surface area contributed by atoms with Crippen LogP contribution in [-0.4, -0.2) is 5.97 Å². The van der Waals surface area contributed by atoms with Gasteiger partial charge in [-0.1, -0.05) is 76.1 Å². The Kier molecular flexibility index (Phi) is 10.8. The summed E-state index contributed by atoms with van der Waals surface area (Å²) in [5.74, 6) is 13.9. The third-order valence-electron chi connectivity index (χ3n) is 6.61. The summed E-state index contributed by atoms with van der Waals surface area (Å²) in [5, 5.41) is 0. The van der Waals surface area contributed by atoms with Gasteiger partial charge in [0.05, 0.1) is 5.92 Å². The predicted molar refractivity (Wildman–Crippen MR) is 140 cm³/mol. The van der Waals surface area contributed by atoms with Gasteiger partial charge in [0.25, 0.3) is 0 Å². The van der Waals surface area contributed by atoms with Gasteiger partial charge in [-0.05, 0) is 80.1 Å². The van der Waals surface area contributed by atoms with Crippen molar-refractivity contribution in [3.8, 4) is 29.4 Å². The third kappa shape index (κ3) is 8.76. The summed E-state index contributed by atoms with van der Waals surface area (Å²) in [7, 11) is 0. The summed E-state index contributed by atoms with van der Waals surface area (Å²) in [6.45, 7) is 4.30. The van der Waals surface area contributed by atoms with Gasteiger partial charge in [0.15, 0.2) is 0 Å². The molecule has 178 valence electrons. The third-order valence-corrected chi connectivity index (χ3v) is 6.61. The van der Waals surface area contributed by atoms with Crippen LogP contribution in [0.2, 0.25) is 0 Å². The average molecular weight is 455 g/mol. The molecule has 2 aromatic carbocycles. The Balaban J connectivity index is 1.43. The van der Waals surface area contributed by atoms with Crippen molar-refractivity contribution in [3.63, 3.8) is 0 Å². The van der Waals surface area contributed by atoms with E-state index in [-0.39, 0.29) is 11.9 Å². The SMILES string of the molecule is CCC#Cc1ccc(C#Cc2ccc(OC(=O)[C@H]3CC[C@H](CCCCCCC)CC3)cc2)cc1. The van der Waals surface area contributed by atoms with Gasteiger partial charge in [-0.3, -0.25) is 4.79 Å². The van der Waals surface area contributed by atoms with E-state index < -0.39 is 0 Å². The highest BCUT2D eigenvalue weighted by Gasteiger charge is 2.27. The van der Waals surface area contributed by atoms with Crippen LogP contribution in [0.25, 0.3) is 0 Å². The summed E-state index contributed by atoms with van der Waals surface area (Å²) in [6, 6.07) is 15.5. The van der Waals surface area contributed by atoms with Gasteiger partial charge >= 0.3 is 5.97 Å². The molecular formula is C32H38O2. The second-order valence-electron chi connectivity index (χ2n) is 9.35. The molecule has 0 amide bonds. The highest BCUT2D eigenvalue weighted by atomic mass is 16.5. The molecule has 0 radical (unpaired) electrons. The maximum atomic E-state index is 12.6. The Morgan fingerprint density at radius 1 is 0.765 bits per heavy atom. The Morgan fingerprint density at radius 3 is 1.91 bits per heavy atom. The van der Waals surface area contributed by atoms with Crippen LogP contribution in [0.15, 0.2) is 48.5 Å². The molecule has 0 aromatic heterocycles. The van der Waals surface area contributed by atoms with Crippen LogP contribution in [0.1, 0.15) is 101 Å². The van der Waals surface area contributed by atoms with E-state index in [1.165, 1.54) is 38.5 Å². The summed E-state index contributed by atoms with van der Waals surface area (Å²) in [5.41, 5.74) is 2.86. The molecule has 0 aliphatic heterocycles. The molecule has 1 aliphatic rings. The number of benzene rings is 2. The number of hydrogen-bond donors (Lipinski definition) is 0. The van der Waals surface area contributed by atoms with Crippen LogP contribution < -0.4 is 4.74 Å². The predicted octanol–water partition coefficient (Wildman–Crippen LogP) is 7.92. The van der Waals surface area contributed by atoms with Crippen LogP contribution in [-0.2, 0) is 4.79 Å². The van der Waals surface area contributed by atoms with Crippen molar-refractivity contribution in [1.29, 1.82) is 0 Å². The summed E-state index contributed by atoms with van der Waals surface area (Å²) < 4.78 is 5.68. The number of ether oxygens (including phenoxy) is 1. The zero-order valence-electron chi connectivity index (χ0n) is 20.9. The minimum Gasteiger partial charge on any atom is -0.426 e. The van der Waals surface area contributed by atoms with Crippen molar-refractivity contribution in [2.24, 2.45) is 11.8 Å². The van der Waals surface area contributed by atoms with E-state index >= 15 is 0 Å². The highest BCUT2D eigenvalue weighted by Crippen LogP contribution is 2.33. The Morgan fingerprint density at radius 2 is 1.32 bits per heavy atom. The minimum atomic E-state index is -0.0773. The van der Waals surface area contributed by atoms with Crippen molar-refractivity contribution < 1.29 is 9.53 Å². The Labute approximate surface area is 206 Å². The van der Waals surface area contributed by atoms with E-state index in [4.69, 9.17) is 4.74 Å². The van der Waals surface area contributed by atoms with Crippen molar-refractivity contribution in [3.05, 3.63) is 65.2 Å². The number of carbonyl (C=O) groups excluding carboxylic acids is 1. The fourth-order valence-corrected chi connectivity index (χ4v) is 4.50. The number of esters is 1. The maximum Gasteiger partial charge on any atom is 0.314 e. The van der Waals surface area contributed by atoms with Crippen LogP contribution in [0.4, 0.5) is 0 Å². The standard InChI is InChI=1S/C32H38O2/c1-3-5-7-8-9-11-27-18-22-30(23-19-27)32(33)34-31-24-20-29(21-25-31)17-16-28-14-12-26(13-15-28)10-6-4-2/h12-15,20-21,24-25,27,30H,3-5,7-9,11,18-19,22-23H2,1-2H3/t27-,30-. The maximum absolute atomic E-state index is 12.6. The van der Waals surface area contributed by atoms with Gasteiger partial charge < -0.3 is 4.74 Å². The highest BCUT2D eigenvalue weighted by molar-refractivity contribution is 5.75. The van der Waals surface area contributed by atoms with Crippen molar-refractivity contribution in [2.75, 3.05) is 0 Å². The van der Waals surface area contributed by atoms with Gasteiger partial charge in [-0.15, -0.1) is 0 Å². The molecule has 0 heterocycles.